The highest BCUT2D eigenvalue weighted by Crippen LogP contribution is 2.53. The van der Waals surface area contributed by atoms with Crippen molar-refractivity contribution in [2.45, 2.75) is 63.5 Å². The number of ether oxygens (including phenoxy) is 3. The molecule has 70 heavy (non-hydrogen) atoms. The fourth-order valence-corrected chi connectivity index (χ4v) is 9.28. The number of rotatable bonds is 17. The maximum absolute atomic E-state index is 16.1. The van der Waals surface area contributed by atoms with Gasteiger partial charge in [-0.25, -0.2) is 18.2 Å². The van der Waals surface area contributed by atoms with Gasteiger partial charge in [-0.05, 0) is 78.8 Å². The molecule has 0 spiro atoms. The first-order valence-corrected chi connectivity index (χ1v) is 23.3. The number of carbonyl (C=O) groups is 3. The maximum atomic E-state index is 16.1. The van der Waals surface area contributed by atoms with Crippen LogP contribution in [-0.2, 0) is 19.7 Å². The third kappa shape index (κ3) is 11.3. The molecule has 4 atom stereocenters. The number of nitrogens with one attached hydrogen (secondary N) is 5. The van der Waals surface area contributed by atoms with Crippen LogP contribution in [0.1, 0.15) is 67.4 Å². The molecule has 0 saturated carbocycles. The molecular formula is C50H52Cl2F4N8O6. The lowest BCUT2D eigenvalue weighted by molar-refractivity contribution is -0.123. The zero-order chi connectivity index (χ0) is 50.3. The Morgan fingerprint density at radius 2 is 1.70 bits per heavy atom. The van der Waals surface area contributed by atoms with Gasteiger partial charge in [0.15, 0.2) is 18.2 Å². The van der Waals surface area contributed by atoms with E-state index in [0.29, 0.717) is 50.8 Å². The van der Waals surface area contributed by atoms with Crippen molar-refractivity contribution in [1.29, 1.82) is 5.26 Å². The van der Waals surface area contributed by atoms with Crippen molar-refractivity contribution in [2.24, 2.45) is 5.41 Å². The first-order chi connectivity index (χ1) is 33.4. The molecule has 2 saturated heterocycles. The number of unbranched alkanes of at least 4 members (excludes halogenated alkanes) is 1. The molecule has 3 amide bonds. The van der Waals surface area contributed by atoms with Crippen LogP contribution in [0.2, 0.25) is 10.0 Å². The molecule has 3 heterocycles. The molecule has 0 radical (unpaired) electrons. The van der Waals surface area contributed by atoms with E-state index in [1.165, 1.54) is 67.9 Å². The van der Waals surface area contributed by atoms with Gasteiger partial charge in [0.1, 0.15) is 22.8 Å². The second-order valence-electron chi connectivity index (χ2n) is 18.2. The number of halogens is 6. The average molecular weight is 1010 g/mol. The Morgan fingerprint density at radius 1 is 0.957 bits per heavy atom. The van der Waals surface area contributed by atoms with Gasteiger partial charge in [0, 0.05) is 59.9 Å². The summed E-state index contributed by atoms with van der Waals surface area (Å²) in [6, 6.07) is 15.0. The Labute approximate surface area is 412 Å². The SMILES string of the molecule is COc1cc(C(=O)NCCCCNC(=O)COc2c(-c3cnc(N4CCOCC4)[nH]3)ccc(F)c2F)ccc1NC(=O)[C@@H]1N[C@@H](CC(C)(C)C)[C@](C#N)(c2ccc(Cl)cc2F)[C@H]1c1cccc(Cl)c1F. The first kappa shape index (κ1) is 51.5. The van der Waals surface area contributed by atoms with Crippen LogP contribution in [0.15, 0.2) is 72.9 Å². The molecule has 370 valence electrons. The molecule has 2 aliphatic heterocycles. The van der Waals surface area contributed by atoms with E-state index in [0.717, 1.165) is 12.1 Å². The van der Waals surface area contributed by atoms with Crippen molar-refractivity contribution in [3.8, 4) is 28.8 Å². The summed E-state index contributed by atoms with van der Waals surface area (Å²) in [5.41, 5.74) is -1.51. The number of H-pyrrole nitrogens is 1. The molecule has 0 unspecified atom stereocenters. The Kier molecular flexibility index (Phi) is 16.3. The van der Waals surface area contributed by atoms with Gasteiger partial charge in [-0.1, -0.05) is 62.2 Å². The number of amides is 3. The quantitative estimate of drug-likeness (QED) is 0.0448. The minimum absolute atomic E-state index is 0.0668. The summed E-state index contributed by atoms with van der Waals surface area (Å²) in [5.74, 6) is -6.86. The van der Waals surface area contributed by atoms with Gasteiger partial charge in [-0.15, -0.1) is 0 Å². The molecule has 5 N–H and O–H groups in total. The molecule has 1 aromatic heterocycles. The van der Waals surface area contributed by atoms with Gasteiger partial charge >= 0.3 is 0 Å². The van der Waals surface area contributed by atoms with Gasteiger partial charge in [-0.3, -0.25) is 14.4 Å². The standard InChI is InChI=1S/C50H52Cl2F4N8O6/c1-49(2,3)24-39-50(27-57,32-13-11-29(51)23-35(32)54)41(31-8-7-9-33(52)42(31)55)44(63-39)47(67)61-36-15-10-28(22-38(36)68-4)46(66)59-17-6-5-16-58-40(65)26-70-45-30(12-14-34(53)43(45)56)37-25-60-48(62-37)64-18-20-69-21-19-64/h7-15,22-23,25,39,41,44,63H,5-6,16-21,24,26H2,1-4H3,(H,58,65)(H,59,66)(H,60,62)(H,61,67)/t39-,41-,44+,50-/m0/s1. The van der Waals surface area contributed by atoms with E-state index in [-0.39, 0.29) is 63.2 Å². The summed E-state index contributed by atoms with van der Waals surface area (Å²) >= 11 is 12.4. The minimum Gasteiger partial charge on any atom is -0.495 e. The van der Waals surface area contributed by atoms with Crippen LogP contribution in [-0.4, -0.2) is 92.9 Å². The van der Waals surface area contributed by atoms with Crippen LogP contribution in [0.3, 0.4) is 0 Å². The van der Waals surface area contributed by atoms with Gasteiger partial charge < -0.3 is 45.4 Å². The number of imidazole rings is 1. The van der Waals surface area contributed by atoms with E-state index in [9.17, 15) is 28.4 Å². The highest BCUT2D eigenvalue weighted by Gasteiger charge is 2.61. The Hall–Kier alpha value is -6.39. The second kappa shape index (κ2) is 22.1. The molecule has 7 rings (SSSR count). The fraction of sp³-hybridized carbons (Fsp3) is 0.380. The number of nitrogens with zero attached hydrogens (tertiary/aromatic N) is 3. The van der Waals surface area contributed by atoms with Crippen molar-refractivity contribution in [3.05, 3.63) is 123 Å². The Bertz CT molecular complexity index is 2780. The summed E-state index contributed by atoms with van der Waals surface area (Å²) in [5, 5.41) is 22.6. The number of benzene rings is 4. The number of aromatic nitrogens is 2. The average Bonchev–Trinajstić information content (AvgIpc) is 3.95. The first-order valence-electron chi connectivity index (χ1n) is 22.5. The fourth-order valence-electron chi connectivity index (χ4n) is 8.94. The van der Waals surface area contributed by atoms with Crippen molar-refractivity contribution in [1.82, 2.24) is 25.9 Å². The van der Waals surface area contributed by atoms with Gasteiger partial charge in [-0.2, -0.15) is 9.65 Å². The molecule has 20 heteroatoms. The number of anilines is 2. The van der Waals surface area contributed by atoms with Gasteiger partial charge in [0.2, 0.25) is 17.7 Å². The zero-order valence-corrected chi connectivity index (χ0v) is 40.3. The van der Waals surface area contributed by atoms with Crippen molar-refractivity contribution < 1.29 is 46.2 Å². The van der Waals surface area contributed by atoms with Crippen LogP contribution in [0, 0.1) is 40.0 Å². The monoisotopic (exact) mass is 1010 g/mol. The summed E-state index contributed by atoms with van der Waals surface area (Å²) < 4.78 is 77.9. The van der Waals surface area contributed by atoms with Crippen LogP contribution in [0.25, 0.3) is 11.3 Å². The lowest BCUT2D eigenvalue weighted by Crippen LogP contribution is -2.45. The lowest BCUT2D eigenvalue weighted by Gasteiger charge is -2.37. The van der Waals surface area contributed by atoms with E-state index in [2.05, 4.69) is 37.3 Å². The summed E-state index contributed by atoms with van der Waals surface area (Å²) in [7, 11) is 1.35. The molecule has 2 fully saturated rings. The highest BCUT2D eigenvalue weighted by atomic mass is 35.5. The highest BCUT2D eigenvalue weighted by molar-refractivity contribution is 6.31. The predicted octanol–water partition coefficient (Wildman–Crippen LogP) is 8.45. The molecule has 4 aromatic carbocycles. The second-order valence-corrected chi connectivity index (χ2v) is 19.0. The molecule has 2 aliphatic rings. The number of nitriles is 1. The third-order valence-corrected chi connectivity index (χ3v) is 12.8. The van der Waals surface area contributed by atoms with Crippen molar-refractivity contribution in [3.63, 3.8) is 0 Å². The maximum Gasteiger partial charge on any atom is 0.257 e. The smallest absolute Gasteiger partial charge is 0.257 e. The number of methoxy groups -OCH3 is 1. The third-order valence-electron chi connectivity index (χ3n) is 12.2. The topological polar surface area (TPSA) is 183 Å². The number of hydrogen-bond acceptors (Lipinski definition) is 10. The molecule has 5 aromatic rings. The predicted molar refractivity (Wildman–Crippen MR) is 256 cm³/mol. The normalized spacial score (nSPS) is 19.0. The van der Waals surface area contributed by atoms with Crippen LogP contribution in [0.5, 0.6) is 11.5 Å². The number of aromatic amines is 1. The van der Waals surface area contributed by atoms with E-state index < -0.39 is 82.2 Å². The van der Waals surface area contributed by atoms with E-state index in [4.69, 9.17) is 37.4 Å². The van der Waals surface area contributed by atoms with Crippen molar-refractivity contribution >= 4 is 52.6 Å². The summed E-state index contributed by atoms with van der Waals surface area (Å²) in [4.78, 5) is 49.8. The number of hydrogen-bond donors (Lipinski definition) is 5. The Balaban J connectivity index is 0.963. The zero-order valence-electron chi connectivity index (χ0n) is 38.8. The van der Waals surface area contributed by atoms with Crippen LogP contribution in [0.4, 0.5) is 29.2 Å². The van der Waals surface area contributed by atoms with E-state index in [1.807, 2.05) is 25.7 Å². The Morgan fingerprint density at radius 3 is 2.40 bits per heavy atom. The molecule has 0 aliphatic carbocycles. The van der Waals surface area contributed by atoms with Crippen molar-refractivity contribution in [2.75, 3.05) is 63.3 Å². The minimum atomic E-state index is -1.84. The summed E-state index contributed by atoms with van der Waals surface area (Å²) in [6.45, 7) is 7.90. The lowest BCUT2D eigenvalue weighted by atomic mass is 9.62. The van der Waals surface area contributed by atoms with Crippen LogP contribution < -0.4 is 35.6 Å². The van der Waals surface area contributed by atoms with E-state index >= 15 is 8.78 Å². The van der Waals surface area contributed by atoms with Crippen LogP contribution >= 0.6 is 23.2 Å². The summed E-state index contributed by atoms with van der Waals surface area (Å²) in [6.07, 6.45) is 2.65. The molecule has 14 nitrogen and oxygen atoms in total. The molecular weight excluding hydrogens is 955 g/mol. The number of morpholine rings is 1. The molecule has 0 bridgehead atoms. The van der Waals surface area contributed by atoms with E-state index in [1.54, 1.807) is 0 Å². The number of carbonyl (C=O) groups excluding carboxylic acids is 3. The largest absolute Gasteiger partial charge is 0.495 e. The van der Waals surface area contributed by atoms with Gasteiger partial charge in [0.05, 0.1) is 55.0 Å². The van der Waals surface area contributed by atoms with Gasteiger partial charge in [0.25, 0.3) is 11.8 Å².